The van der Waals surface area contributed by atoms with E-state index >= 15 is 0 Å². The monoisotopic (exact) mass is 241 g/mol. The molecule has 0 radical (unpaired) electrons. The molecule has 2 unspecified atom stereocenters. The molecule has 0 spiro atoms. The van der Waals surface area contributed by atoms with Crippen LogP contribution in [0.25, 0.3) is 0 Å². The molecule has 1 aliphatic carbocycles. The largest absolute Gasteiger partial charge is 0.385 e. The number of ether oxygens (including phenoxy) is 1. The summed E-state index contributed by atoms with van der Waals surface area (Å²) in [6, 6.07) is 0.697. The van der Waals surface area contributed by atoms with Crippen molar-refractivity contribution in [3.63, 3.8) is 0 Å². The van der Waals surface area contributed by atoms with Crippen LogP contribution >= 0.6 is 0 Å². The number of hydrogen-bond acceptors (Lipinski definition) is 2. The Bertz CT molecular complexity index is 203. The van der Waals surface area contributed by atoms with E-state index in [1.165, 1.54) is 38.5 Å². The second-order valence-electron chi connectivity index (χ2n) is 6.18. The highest BCUT2D eigenvalue weighted by Crippen LogP contribution is 2.45. The van der Waals surface area contributed by atoms with E-state index in [0.717, 1.165) is 19.1 Å². The van der Waals surface area contributed by atoms with E-state index < -0.39 is 0 Å². The highest BCUT2D eigenvalue weighted by Gasteiger charge is 2.38. The van der Waals surface area contributed by atoms with Gasteiger partial charge in [0.05, 0.1) is 0 Å². The van der Waals surface area contributed by atoms with Crippen molar-refractivity contribution in [2.45, 2.75) is 65.3 Å². The zero-order valence-electron chi connectivity index (χ0n) is 12.2. The smallest absolute Gasteiger partial charge is 0.0462 e. The first-order chi connectivity index (χ1) is 8.11. The molecule has 1 aliphatic rings. The van der Waals surface area contributed by atoms with Crippen LogP contribution in [0.4, 0.5) is 0 Å². The molecule has 0 amide bonds. The van der Waals surface area contributed by atoms with Crippen molar-refractivity contribution in [1.82, 2.24) is 5.32 Å². The Morgan fingerprint density at radius 2 is 2.18 bits per heavy atom. The third-order valence-electron chi connectivity index (χ3n) is 4.35. The summed E-state index contributed by atoms with van der Waals surface area (Å²) in [6.07, 6.45) is 7.89. The summed E-state index contributed by atoms with van der Waals surface area (Å²) in [5, 5.41) is 3.77. The van der Waals surface area contributed by atoms with Crippen molar-refractivity contribution < 1.29 is 4.74 Å². The second-order valence-corrected chi connectivity index (χ2v) is 6.18. The van der Waals surface area contributed by atoms with Gasteiger partial charge in [0.15, 0.2) is 0 Å². The average molecular weight is 241 g/mol. The van der Waals surface area contributed by atoms with Crippen LogP contribution in [0, 0.1) is 11.3 Å². The highest BCUT2D eigenvalue weighted by molar-refractivity contribution is 4.92. The van der Waals surface area contributed by atoms with Gasteiger partial charge in [-0.2, -0.15) is 0 Å². The predicted octanol–water partition coefficient (Wildman–Crippen LogP) is 3.61. The van der Waals surface area contributed by atoms with E-state index in [0.29, 0.717) is 11.5 Å². The van der Waals surface area contributed by atoms with Crippen LogP contribution in [0.3, 0.4) is 0 Å². The highest BCUT2D eigenvalue weighted by atomic mass is 16.5. The van der Waals surface area contributed by atoms with E-state index in [1.54, 1.807) is 7.11 Å². The zero-order valence-corrected chi connectivity index (χ0v) is 12.2. The van der Waals surface area contributed by atoms with Crippen molar-refractivity contribution in [1.29, 1.82) is 0 Å². The van der Waals surface area contributed by atoms with Crippen LogP contribution in [-0.4, -0.2) is 26.3 Å². The molecular weight excluding hydrogens is 210 g/mol. The molecule has 1 fully saturated rings. The molecule has 1 saturated carbocycles. The van der Waals surface area contributed by atoms with Gasteiger partial charge in [0.2, 0.25) is 0 Å². The minimum atomic E-state index is 0.526. The van der Waals surface area contributed by atoms with Crippen molar-refractivity contribution in [3.8, 4) is 0 Å². The van der Waals surface area contributed by atoms with Gasteiger partial charge in [0.25, 0.3) is 0 Å². The van der Waals surface area contributed by atoms with Gasteiger partial charge >= 0.3 is 0 Å². The van der Waals surface area contributed by atoms with Gasteiger partial charge in [-0.15, -0.1) is 0 Å². The second kappa shape index (κ2) is 7.38. The van der Waals surface area contributed by atoms with Gasteiger partial charge in [-0.3, -0.25) is 0 Å². The van der Waals surface area contributed by atoms with E-state index in [9.17, 15) is 0 Å². The SMILES string of the molecule is CCCNC(CCCOC)C1CCCC1(C)C. The molecule has 1 rings (SSSR count). The number of nitrogens with one attached hydrogen (secondary N) is 1. The maximum absolute atomic E-state index is 5.18. The lowest BCUT2D eigenvalue weighted by molar-refractivity contribution is 0.159. The summed E-state index contributed by atoms with van der Waals surface area (Å²) in [5.41, 5.74) is 0.526. The number of methoxy groups -OCH3 is 1. The maximum Gasteiger partial charge on any atom is 0.0462 e. The van der Waals surface area contributed by atoms with Gasteiger partial charge in [-0.25, -0.2) is 0 Å². The lowest BCUT2D eigenvalue weighted by Gasteiger charge is -2.35. The molecule has 2 atom stereocenters. The molecule has 0 aromatic carbocycles. The van der Waals surface area contributed by atoms with Gasteiger partial charge in [0.1, 0.15) is 0 Å². The van der Waals surface area contributed by atoms with Crippen LogP contribution in [-0.2, 0) is 4.74 Å². The molecule has 0 heterocycles. The molecule has 2 nitrogen and oxygen atoms in total. The normalized spacial score (nSPS) is 25.1. The molecule has 0 aromatic heterocycles. The van der Waals surface area contributed by atoms with E-state index in [-0.39, 0.29) is 0 Å². The fourth-order valence-corrected chi connectivity index (χ4v) is 3.32. The summed E-state index contributed by atoms with van der Waals surface area (Å²) in [4.78, 5) is 0. The van der Waals surface area contributed by atoms with Crippen molar-refractivity contribution in [2.24, 2.45) is 11.3 Å². The van der Waals surface area contributed by atoms with Crippen LogP contribution < -0.4 is 5.32 Å². The fourth-order valence-electron chi connectivity index (χ4n) is 3.32. The van der Waals surface area contributed by atoms with E-state index in [2.05, 4.69) is 26.1 Å². The number of hydrogen-bond donors (Lipinski definition) is 1. The van der Waals surface area contributed by atoms with Gasteiger partial charge in [0, 0.05) is 19.8 Å². The lowest BCUT2D eigenvalue weighted by Crippen LogP contribution is -2.41. The van der Waals surface area contributed by atoms with Crippen molar-refractivity contribution in [2.75, 3.05) is 20.3 Å². The first kappa shape index (κ1) is 15.0. The minimum absolute atomic E-state index is 0.526. The van der Waals surface area contributed by atoms with Crippen molar-refractivity contribution in [3.05, 3.63) is 0 Å². The van der Waals surface area contributed by atoms with Gasteiger partial charge in [-0.1, -0.05) is 27.2 Å². The Balaban J connectivity index is 2.48. The third-order valence-corrected chi connectivity index (χ3v) is 4.35. The molecule has 17 heavy (non-hydrogen) atoms. The van der Waals surface area contributed by atoms with Gasteiger partial charge < -0.3 is 10.1 Å². The van der Waals surface area contributed by atoms with Crippen molar-refractivity contribution >= 4 is 0 Å². The zero-order chi connectivity index (χ0) is 12.7. The standard InChI is InChI=1S/C15H31NO/c1-5-11-16-14(9-7-12-17-4)13-8-6-10-15(13,2)3/h13-14,16H,5-12H2,1-4H3. The van der Waals surface area contributed by atoms with E-state index in [1.807, 2.05) is 0 Å². The van der Waals surface area contributed by atoms with Crippen LogP contribution in [0.1, 0.15) is 59.3 Å². The van der Waals surface area contributed by atoms with Crippen LogP contribution in [0.2, 0.25) is 0 Å². The summed E-state index contributed by atoms with van der Waals surface area (Å²) < 4.78 is 5.18. The van der Waals surface area contributed by atoms with Crippen LogP contribution in [0.5, 0.6) is 0 Å². The molecule has 0 aliphatic heterocycles. The summed E-state index contributed by atoms with van der Waals surface area (Å²) in [5.74, 6) is 0.853. The Morgan fingerprint density at radius 3 is 2.71 bits per heavy atom. The molecule has 102 valence electrons. The minimum Gasteiger partial charge on any atom is -0.385 e. The molecular formula is C15H31NO. The Morgan fingerprint density at radius 1 is 1.41 bits per heavy atom. The average Bonchev–Trinajstić information content (AvgIpc) is 2.63. The summed E-state index contributed by atoms with van der Waals surface area (Å²) >= 11 is 0. The summed E-state index contributed by atoms with van der Waals surface area (Å²) in [6.45, 7) is 9.20. The molecule has 1 N–H and O–H groups in total. The Hall–Kier alpha value is -0.0800. The first-order valence-corrected chi connectivity index (χ1v) is 7.34. The summed E-state index contributed by atoms with van der Waals surface area (Å²) in [7, 11) is 1.80. The van der Waals surface area contributed by atoms with Crippen LogP contribution in [0.15, 0.2) is 0 Å². The topological polar surface area (TPSA) is 21.3 Å². The Labute approximate surface area is 108 Å². The lowest BCUT2D eigenvalue weighted by atomic mass is 9.76. The predicted molar refractivity (Wildman–Crippen MR) is 74.3 cm³/mol. The maximum atomic E-state index is 5.18. The fraction of sp³-hybridized carbons (Fsp3) is 1.00. The Kier molecular flexibility index (Phi) is 6.50. The quantitative estimate of drug-likeness (QED) is 0.656. The first-order valence-electron chi connectivity index (χ1n) is 7.34. The molecule has 0 bridgehead atoms. The third kappa shape index (κ3) is 4.59. The van der Waals surface area contributed by atoms with E-state index in [4.69, 9.17) is 4.74 Å². The molecule has 0 saturated heterocycles. The molecule has 2 heteroatoms. The van der Waals surface area contributed by atoms with Gasteiger partial charge in [-0.05, 0) is 50.0 Å². The molecule has 0 aromatic rings. The number of rotatable bonds is 8.